The van der Waals surface area contributed by atoms with Gasteiger partial charge in [0.05, 0.1) is 24.8 Å². The van der Waals surface area contributed by atoms with E-state index in [2.05, 4.69) is 9.97 Å². The fourth-order valence-electron chi connectivity index (χ4n) is 4.25. The van der Waals surface area contributed by atoms with Gasteiger partial charge in [0.15, 0.2) is 0 Å². The predicted octanol–water partition coefficient (Wildman–Crippen LogP) is 3.64. The summed E-state index contributed by atoms with van der Waals surface area (Å²) < 4.78 is 6.30. The number of aliphatic hydroxyl groups excluding tert-OH is 1. The average molecular weight is 501 g/mol. The molecule has 1 N–H and O–H groups in total. The van der Waals surface area contributed by atoms with Crippen molar-refractivity contribution in [3.63, 3.8) is 0 Å². The van der Waals surface area contributed by atoms with Crippen LogP contribution in [0.3, 0.4) is 0 Å². The van der Waals surface area contributed by atoms with Crippen LogP contribution in [0, 0.1) is 5.92 Å². The summed E-state index contributed by atoms with van der Waals surface area (Å²) in [4.78, 5) is 38.3. The molecule has 8 nitrogen and oxygen atoms in total. The summed E-state index contributed by atoms with van der Waals surface area (Å²) in [6.07, 6.45) is 8.25. The molecule has 3 heterocycles. The van der Waals surface area contributed by atoms with Crippen molar-refractivity contribution in [1.82, 2.24) is 19.8 Å². The first-order chi connectivity index (χ1) is 17.9. The SMILES string of the molecule is C[C@@H]1CN([C@H](C)CO)C(=O)c2cc(/C=C/c3ccccc3)cnc2O[C@@H]1CN(C)C(=O)c1cccnc1. The molecule has 8 heteroatoms. The molecule has 3 atom stereocenters. The number of aliphatic hydroxyl groups is 1. The van der Waals surface area contributed by atoms with Gasteiger partial charge in [-0.3, -0.25) is 14.6 Å². The number of nitrogens with zero attached hydrogens (tertiary/aromatic N) is 4. The number of rotatable bonds is 7. The number of fused-ring (bicyclic) bond motifs is 1. The van der Waals surface area contributed by atoms with Gasteiger partial charge in [-0.05, 0) is 36.2 Å². The summed E-state index contributed by atoms with van der Waals surface area (Å²) in [5, 5.41) is 9.87. The van der Waals surface area contributed by atoms with Crippen molar-refractivity contribution < 1.29 is 19.4 Å². The second kappa shape index (κ2) is 11.8. The molecule has 1 aromatic carbocycles. The van der Waals surface area contributed by atoms with Crippen LogP contribution in [0.4, 0.5) is 0 Å². The maximum atomic E-state index is 13.6. The summed E-state index contributed by atoms with van der Waals surface area (Å²) in [5.41, 5.74) is 2.60. The van der Waals surface area contributed by atoms with E-state index < -0.39 is 6.10 Å². The van der Waals surface area contributed by atoms with Crippen LogP contribution in [-0.4, -0.2) is 75.6 Å². The molecular weight excluding hydrogens is 468 g/mol. The summed E-state index contributed by atoms with van der Waals surface area (Å²) in [6.45, 7) is 4.27. The molecule has 0 aliphatic carbocycles. The van der Waals surface area contributed by atoms with E-state index in [-0.39, 0.29) is 36.3 Å². The largest absolute Gasteiger partial charge is 0.472 e. The maximum absolute atomic E-state index is 13.6. The van der Waals surface area contributed by atoms with Gasteiger partial charge >= 0.3 is 0 Å². The van der Waals surface area contributed by atoms with Gasteiger partial charge in [0.1, 0.15) is 11.7 Å². The molecule has 1 aliphatic heterocycles. The molecule has 192 valence electrons. The van der Waals surface area contributed by atoms with Crippen molar-refractivity contribution in [3.05, 3.63) is 89.4 Å². The monoisotopic (exact) mass is 500 g/mol. The fourth-order valence-corrected chi connectivity index (χ4v) is 4.25. The zero-order valence-corrected chi connectivity index (χ0v) is 21.3. The smallest absolute Gasteiger partial charge is 0.259 e. The van der Waals surface area contributed by atoms with Crippen molar-refractivity contribution in [1.29, 1.82) is 0 Å². The van der Waals surface area contributed by atoms with E-state index in [1.54, 1.807) is 47.4 Å². The number of carbonyl (C=O) groups is 2. The quantitative estimate of drug-likeness (QED) is 0.532. The zero-order valence-electron chi connectivity index (χ0n) is 21.3. The molecule has 2 amide bonds. The average Bonchev–Trinajstić information content (AvgIpc) is 2.94. The minimum absolute atomic E-state index is 0.130. The third-order valence-electron chi connectivity index (χ3n) is 6.52. The van der Waals surface area contributed by atoms with Gasteiger partial charge in [-0.1, -0.05) is 49.4 Å². The standard InChI is InChI=1S/C29H32N4O4/c1-20-17-33(21(2)19-34)29(36)25-14-23(12-11-22-8-5-4-6-9-22)15-31-27(25)37-26(20)18-32(3)28(35)24-10-7-13-30-16-24/h4-16,20-21,26,34H,17-19H2,1-3H3/b12-11+/t20-,21-,26-/m1/s1. The van der Waals surface area contributed by atoms with Crippen molar-refractivity contribution in [2.45, 2.75) is 26.0 Å². The number of hydrogen-bond acceptors (Lipinski definition) is 6. The van der Waals surface area contributed by atoms with E-state index in [1.807, 2.05) is 56.3 Å². The van der Waals surface area contributed by atoms with Gasteiger partial charge in [0, 0.05) is 38.1 Å². The third kappa shape index (κ3) is 6.21. The van der Waals surface area contributed by atoms with Gasteiger partial charge in [-0.25, -0.2) is 4.98 Å². The highest BCUT2D eigenvalue weighted by molar-refractivity contribution is 5.97. The Hall–Kier alpha value is -4.04. The highest BCUT2D eigenvalue weighted by Gasteiger charge is 2.34. The van der Waals surface area contributed by atoms with E-state index >= 15 is 0 Å². The minimum atomic E-state index is -0.427. The molecule has 37 heavy (non-hydrogen) atoms. The number of carbonyl (C=O) groups excluding carboxylic acids is 2. The Kier molecular flexibility index (Phi) is 8.30. The lowest BCUT2D eigenvalue weighted by Gasteiger charge is -2.37. The molecule has 3 aromatic rings. The van der Waals surface area contributed by atoms with Gasteiger partial charge < -0.3 is 19.6 Å². The van der Waals surface area contributed by atoms with Crippen LogP contribution >= 0.6 is 0 Å². The Morgan fingerprint density at radius 2 is 1.95 bits per heavy atom. The number of amides is 2. The van der Waals surface area contributed by atoms with Crippen molar-refractivity contribution in [3.8, 4) is 5.88 Å². The number of pyridine rings is 2. The molecule has 2 aromatic heterocycles. The molecule has 0 saturated heterocycles. The number of ether oxygens (including phenoxy) is 1. The Morgan fingerprint density at radius 1 is 1.19 bits per heavy atom. The van der Waals surface area contributed by atoms with Gasteiger partial charge in [-0.2, -0.15) is 0 Å². The van der Waals surface area contributed by atoms with Crippen molar-refractivity contribution >= 4 is 24.0 Å². The number of benzene rings is 1. The summed E-state index contributed by atoms with van der Waals surface area (Å²) >= 11 is 0. The highest BCUT2D eigenvalue weighted by atomic mass is 16.5. The van der Waals surface area contributed by atoms with Crippen LogP contribution in [-0.2, 0) is 0 Å². The van der Waals surface area contributed by atoms with Crippen LogP contribution in [0.25, 0.3) is 12.2 Å². The van der Waals surface area contributed by atoms with Crippen LogP contribution in [0.15, 0.2) is 67.1 Å². The molecule has 4 rings (SSSR count). The number of hydrogen-bond donors (Lipinski definition) is 1. The summed E-state index contributed by atoms with van der Waals surface area (Å²) in [5.74, 6) is -0.327. The van der Waals surface area contributed by atoms with Crippen LogP contribution in [0.1, 0.15) is 45.7 Å². The van der Waals surface area contributed by atoms with Crippen molar-refractivity contribution in [2.24, 2.45) is 5.92 Å². The maximum Gasteiger partial charge on any atom is 0.259 e. The molecule has 0 fully saturated rings. The Balaban J connectivity index is 1.64. The minimum Gasteiger partial charge on any atom is -0.472 e. The first kappa shape index (κ1) is 26.0. The lowest BCUT2D eigenvalue weighted by atomic mass is 9.99. The first-order valence-corrected chi connectivity index (χ1v) is 12.3. The fraction of sp³-hybridized carbons (Fsp3) is 0.310. The second-order valence-electron chi connectivity index (χ2n) is 9.42. The Labute approximate surface area is 217 Å². The number of aromatic nitrogens is 2. The Bertz CT molecular complexity index is 1250. The van der Waals surface area contributed by atoms with Crippen LogP contribution in [0.2, 0.25) is 0 Å². The lowest BCUT2D eigenvalue weighted by Crippen LogP contribution is -2.50. The van der Waals surface area contributed by atoms with Crippen LogP contribution in [0.5, 0.6) is 5.88 Å². The second-order valence-corrected chi connectivity index (χ2v) is 9.42. The normalized spacial score (nSPS) is 18.5. The van der Waals surface area contributed by atoms with E-state index in [9.17, 15) is 14.7 Å². The molecule has 1 aliphatic rings. The summed E-state index contributed by atoms with van der Waals surface area (Å²) in [7, 11) is 1.72. The lowest BCUT2D eigenvalue weighted by molar-refractivity contribution is 0.0313. The highest BCUT2D eigenvalue weighted by Crippen LogP contribution is 2.28. The molecule has 0 radical (unpaired) electrons. The number of likely N-dealkylation sites (N-methyl/N-ethyl adjacent to an activating group) is 1. The third-order valence-corrected chi connectivity index (χ3v) is 6.52. The topological polar surface area (TPSA) is 95.9 Å². The molecule has 0 spiro atoms. The van der Waals surface area contributed by atoms with E-state index in [4.69, 9.17) is 4.74 Å². The van der Waals surface area contributed by atoms with Gasteiger partial charge in [-0.15, -0.1) is 0 Å². The zero-order chi connectivity index (χ0) is 26.4. The Morgan fingerprint density at radius 3 is 2.65 bits per heavy atom. The predicted molar refractivity (Wildman–Crippen MR) is 142 cm³/mol. The molecule has 0 unspecified atom stereocenters. The van der Waals surface area contributed by atoms with E-state index in [1.165, 1.54) is 6.20 Å². The van der Waals surface area contributed by atoms with Crippen molar-refractivity contribution in [2.75, 3.05) is 26.7 Å². The molecule has 0 saturated carbocycles. The first-order valence-electron chi connectivity index (χ1n) is 12.3. The van der Waals surface area contributed by atoms with E-state index in [0.717, 1.165) is 11.1 Å². The summed E-state index contributed by atoms with van der Waals surface area (Å²) in [6, 6.07) is 14.7. The van der Waals surface area contributed by atoms with Crippen LogP contribution < -0.4 is 4.74 Å². The van der Waals surface area contributed by atoms with Gasteiger partial charge in [0.25, 0.3) is 11.8 Å². The van der Waals surface area contributed by atoms with E-state index in [0.29, 0.717) is 24.2 Å². The molecule has 0 bridgehead atoms. The molecular formula is C29H32N4O4. The van der Waals surface area contributed by atoms with Gasteiger partial charge in [0.2, 0.25) is 5.88 Å².